The molecule has 0 bridgehead atoms. The van der Waals surface area contributed by atoms with E-state index in [9.17, 15) is 4.21 Å². The van der Waals surface area contributed by atoms with Crippen LogP contribution in [-0.2, 0) is 15.3 Å². The molecule has 0 spiro atoms. The quantitative estimate of drug-likeness (QED) is 0.530. The van der Waals surface area contributed by atoms with Crippen LogP contribution in [0.25, 0.3) is 0 Å². The van der Waals surface area contributed by atoms with Gasteiger partial charge >= 0.3 is 0 Å². The Balaban J connectivity index is 4.55. The number of hydrogen-bond donors (Lipinski definition) is 0. The minimum absolute atomic E-state index is 0.333. The lowest BCUT2D eigenvalue weighted by molar-refractivity contribution is 0.156. The van der Waals surface area contributed by atoms with E-state index in [-0.39, 0.29) is 0 Å². The van der Waals surface area contributed by atoms with Crippen molar-refractivity contribution >= 4 is 11.1 Å². The molecular weight excluding hydrogens is 292 g/mol. The van der Waals surface area contributed by atoms with Crippen LogP contribution < -0.4 is 0 Å². The predicted octanol–water partition coefficient (Wildman–Crippen LogP) is 5.84. The van der Waals surface area contributed by atoms with Crippen LogP contribution in [0.4, 0.5) is 0 Å². The van der Waals surface area contributed by atoms with Crippen LogP contribution in [0.3, 0.4) is 0 Å². The Morgan fingerprint density at radius 3 is 1.82 bits per heavy atom. The molecule has 0 amide bonds. The van der Waals surface area contributed by atoms with Crippen molar-refractivity contribution in [3.8, 4) is 0 Å². The molecule has 0 radical (unpaired) electrons. The van der Waals surface area contributed by atoms with Crippen LogP contribution in [0.1, 0.15) is 81.1 Å². The average Bonchev–Trinajstić information content (AvgIpc) is 2.23. The molecule has 2 nitrogen and oxygen atoms in total. The minimum atomic E-state index is -1.16. The first-order valence-electron chi connectivity index (χ1n) is 8.77. The smallest absolute Gasteiger partial charge is 0.152 e. The maximum absolute atomic E-state index is 11.3. The summed E-state index contributed by atoms with van der Waals surface area (Å²) in [6.45, 7) is 19.1. The zero-order valence-electron chi connectivity index (χ0n) is 16.5. The van der Waals surface area contributed by atoms with Crippen LogP contribution in [0.2, 0.25) is 0 Å². The lowest BCUT2D eigenvalue weighted by Gasteiger charge is -2.31. The van der Waals surface area contributed by atoms with E-state index in [4.69, 9.17) is 4.18 Å². The molecule has 0 aliphatic heterocycles. The molecule has 134 valence electrons. The Kier molecular flexibility index (Phi) is 9.46. The average molecular weight is 333 g/mol. The van der Waals surface area contributed by atoms with Gasteiger partial charge in [-0.15, -0.1) is 0 Å². The van der Waals surface area contributed by atoms with E-state index < -0.39 is 11.1 Å². The third-order valence-electron chi connectivity index (χ3n) is 4.18. The summed E-state index contributed by atoms with van der Waals surface area (Å²) in [5, 5.41) is 0. The first-order chi connectivity index (χ1) is 9.80. The molecule has 0 rings (SSSR count). The molecule has 0 saturated carbocycles. The maximum atomic E-state index is 11.3. The van der Waals surface area contributed by atoms with Crippen LogP contribution >= 0.6 is 0 Å². The topological polar surface area (TPSA) is 26.3 Å². The SMILES string of the molecule is CC(CCC(COS(C)=O)C(C)CC(C)(C)C)CC(C)(C)C. The van der Waals surface area contributed by atoms with Crippen molar-refractivity contribution in [3.05, 3.63) is 0 Å². The summed E-state index contributed by atoms with van der Waals surface area (Å²) >= 11 is -1.16. The monoisotopic (exact) mass is 332 g/mol. The van der Waals surface area contributed by atoms with Crippen LogP contribution in [0, 0.1) is 28.6 Å². The molecule has 0 aliphatic rings. The van der Waals surface area contributed by atoms with Gasteiger partial charge in [-0.1, -0.05) is 61.8 Å². The van der Waals surface area contributed by atoms with Gasteiger partial charge in [0.15, 0.2) is 11.1 Å². The van der Waals surface area contributed by atoms with Crippen molar-refractivity contribution in [1.29, 1.82) is 0 Å². The largest absolute Gasteiger partial charge is 0.290 e. The molecular formula is C19H40O2S. The van der Waals surface area contributed by atoms with Gasteiger partial charge in [-0.2, -0.15) is 0 Å². The van der Waals surface area contributed by atoms with E-state index in [2.05, 4.69) is 55.4 Å². The standard InChI is InChI=1S/C19H40O2S/c1-15(12-18(3,4)5)10-11-17(14-21-22(9)20)16(2)13-19(6,7)8/h15-17H,10-14H2,1-9H3. The Morgan fingerprint density at radius 2 is 1.41 bits per heavy atom. The van der Waals surface area contributed by atoms with Crippen LogP contribution in [0.15, 0.2) is 0 Å². The Hall–Kier alpha value is 0.110. The molecule has 0 aliphatic carbocycles. The van der Waals surface area contributed by atoms with Gasteiger partial charge in [-0.25, -0.2) is 4.21 Å². The van der Waals surface area contributed by atoms with E-state index in [1.165, 1.54) is 25.7 Å². The number of hydrogen-bond acceptors (Lipinski definition) is 2. The fourth-order valence-corrected chi connectivity index (χ4v) is 3.86. The lowest BCUT2D eigenvalue weighted by atomic mass is 9.76. The summed E-state index contributed by atoms with van der Waals surface area (Å²) in [7, 11) is 0. The first-order valence-corrected chi connectivity index (χ1v) is 10.2. The predicted molar refractivity (Wildman–Crippen MR) is 99.2 cm³/mol. The first kappa shape index (κ1) is 22.1. The fraction of sp³-hybridized carbons (Fsp3) is 1.00. The van der Waals surface area contributed by atoms with Crippen molar-refractivity contribution in [1.82, 2.24) is 0 Å². The molecule has 0 aromatic rings. The van der Waals surface area contributed by atoms with Crippen molar-refractivity contribution in [2.45, 2.75) is 81.1 Å². The molecule has 0 aromatic heterocycles. The molecule has 4 atom stereocenters. The van der Waals surface area contributed by atoms with E-state index in [0.29, 0.717) is 29.3 Å². The molecule has 0 fully saturated rings. The third-order valence-corrected chi connectivity index (χ3v) is 4.65. The van der Waals surface area contributed by atoms with Crippen molar-refractivity contribution in [3.63, 3.8) is 0 Å². The second-order valence-corrected chi connectivity index (χ2v) is 10.7. The van der Waals surface area contributed by atoms with Gasteiger partial charge in [-0.3, -0.25) is 4.18 Å². The van der Waals surface area contributed by atoms with Gasteiger partial charge < -0.3 is 0 Å². The highest BCUT2D eigenvalue weighted by Gasteiger charge is 2.25. The summed E-state index contributed by atoms with van der Waals surface area (Å²) in [5.41, 5.74) is 0.730. The second-order valence-electron chi connectivity index (χ2n) is 9.64. The molecule has 0 aromatic carbocycles. The zero-order valence-corrected chi connectivity index (χ0v) is 17.3. The molecule has 22 heavy (non-hydrogen) atoms. The summed E-state index contributed by atoms with van der Waals surface area (Å²) in [6.07, 6.45) is 6.47. The van der Waals surface area contributed by atoms with Crippen LogP contribution in [-0.4, -0.2) is 17.1 Å². The molecule has 0 heterocycles. The van der Waals surface area contributed by atoms with Gasteiger partial charge in [-0.05, 0) is 47.8 Å². The Bertz CT molecular complexity index is 325. The van der Waals surface area contributed by atoms with Gasteiger partial charge in [0.25, 0.3) is 0 Å². The van der Waals surface area contributed by atoms with Gasteiger partial charge in [0.1, 0.15) is 0 Å². The van der Waals surface area contributed by atoms with Crippen molar-refractivity contribution in [2.75, 3.05) is 12.9 Å². The van der Waals surface area contributed by atoms with Crippen molar-refractivity contribution in [2.24, 2.45) is 28.6 Å². The van der Waals surface area contributed by atoms with E-state index in [1.807, 2.05) is 0 Å². The van der Waals surface area contributed by atoms with Crippen LogP contribution in [0.5, 0.6) is 0 Å². The molecule has 4 unspecified atom stereocenters. The highest BCUT2D eigenvalue weighted by atomic mass is 32.2. The van der Waals surface area contributed by atoms with Gasteiger partial charge in [0, 0.05) is 6.26 Å². The molecule has 3 heteroatoms. The second kappa shape index (κ2) is 9.42. The maximum Gasteiger partial charge on any atom is 0.152 e. The minimum Gasteiger partial charge on any atom is -0.290 e. The zero-order chi connectivity index (χ0) is 17.6. The lowest BCUT2D eigenvalue weighted by Crippen LogP contribution is -2.24. The van der Waals surface area contributed by atoms with Crippen molar-refractivity contribution < 1.29 is 8.39 Å². The number of rotatable bonds is 9. The summed E-state index contributed by atoms with van der Waals surface area (Å²) < 4.78 is 16.7. The third kappa shape index (κ3) is 12.6. The molecule has 0 N–H and O–H groups in total. The normalized spacial score (nSPS) is 18.8. The highest BCUT2D eigenvalue weighted by molar-refractivity contribution is 7.79. The highest BCUT2D eigenvalue weighted by Crippen LogP contribution is 2.33. The summed E-state index contributed by atoms with van der Waals surface area (Å²) in [4.78, 5) is 0. The fourth-order valence-electron chi connectivity index (χ4n) is 3.49. The van der Waals surface area contributed by atoms with E-state index in [0.717, 1.165) is 5.92 Å². The van der Waals surface area contributed by atoms with Gasteiger partial charge in [0.2, 0.25) is 0 Å². The Morgan fingerprint density at radius 1 is 0.909 bits per heavy atom. The summed E-state index contributed by atoms with van der Waals surface area (Å²) in [5.74, 6) is 1.84. The summed E-state index contributed by atoms with van der Waals surface area (Å²) in [6, 6.07) is 0. The van der Waals surface area contributed by atoms with E-state index >= 15 is 0 Å². The molecule has 0 saturated heterocycles. The Labute approximate surface area is 142 Å². The van der Waals surface area contributed by atoms with E-state index in [1.54, 1.807) is 6.26 Å². The van der Waals surface area contributed by atoms with Gasteiger partial charge in [0.05, 0.1) is 6.61 Å².